The summed E-state index contributed by atoms with van der Waals surface area (Å²) in [5.74, 6) is -1.27. The van der Waals surface area contributed by atoms with Gasteiger partial charge in [0.25, 0.3) is 6.43 Å². The molecule has 3 rings (SSSR count). The molecule has 0 saturated heterocycles. The van der Waals surface area contributed by atoms with Crippen molar-refractivity contribution in [2.75, 3.05) is 18.4 Å². The molecule has 0 atom stereocenters. The molecular weight excluding hydrogens is 360 g/mol. The first kappa shape index (κ1) is 19.0. The van der Waals surface area contributed by atoms with Crippen LogP contribution >= 0.6 is 0 Å². The average Bonchev–Trinajstić information content (AvgIpc) is 2.99. The average molecular weight is 381 g/mol. The standard InChI is InChI=1S/C17H21F2N5O3/c1-2-24(8-14(25)26)11-5-10(6-11)21-17(27)20-9-3-4-12-13(7-9)23-16(22-12)15(18)19/h3-4,7,10-11,15H,2,5-6,8H2,1H3,(H,22,23)(H,25,26)(H2,20,21,27). The zero-order valence-corrected chi connectivity index (χ0v) is 14.7. The number of carbonyl (C=O) groups excluding carboxylic acids is 1. The van der Waals surface area contributed by atoms with Crippen LogP contribution in [0.3, 0.4) is 0 Å². The van der Waals surface area contributed by atoms with Gasteiger partial charge < -0.3 is 20.7 Å². The van der Waals surface area contributed by atoms with Gasteiger partial charge in [0.2, 0.25) is 0 Å². The number of aliphatic carboxylic acids is 1. The van der Waals surface area contributed by atoms with E-state index in [1.54, 1.807) is 18.2 Å². The summed E-state index contributed by atoms with van der Waals surface area (Å²) in [7, 11) is 0. The Bertz CT molecular complexity index is 835. The van der Waals surface area contributed by atoms with Gasteiger partial charge in [0.1, 0.15) is 0 Å². The number of carboxylic acids is 1. The zero-order valence-electron chi connectivity index (χ0n) is 14.7. The predicted molar refractivity (Wildman–Crippen MR) is 94.9 cm³/mol. The monoisotopic (exact) mass is 381 g/mol. The Morgan fingerprint density at radius 3 is 2.78 bits per heavy atom. The van der Waals surface area contributed by atoms with Crippen LogP contribution in [0.25, 0.3) is 11.0 Å². The number of H-pyrrole nitrogens is 1. The lowest BCUT2D eigenvalue weighted by molar-refractivity contribution is -0.139. The van der Waals surface area contributed by atoms with Crippen molar-refractivity contribution in [1.29, 1.82) is 0 Å². The van der Waals surface area contributed by atoms with Gasteiger partial charge in [-0.15, -0.1) is 0 Å². The first-order valence-electron chi connectivity index (χ1n) is 8.67. The molecule has 146 valence electrons. The van der Waals surface area contributed by atoms with Crippen molar-refractivity contribution in [3.8, 4) is 0 Å². The van der Waals surface area contributed by atoms with Gasteiger partial charge in [0.15, 0.2) is 5.82 Å². The van der Waals surface area contributed by atoms with E-state index in [0.717, 1.165) is 0 Å². The van der Waals surface area contributed by atoms with Crippen LogP contribution in [0.4, 0.5) is 19.3 Å². The molecular formula is C17H21F2N5O3. The number of imidazole rings is 1. The van der Waals surface area contributed by atoms with Crippen LogP contribution in [0.15, 0.2) is 18.2 Å². The van der Waals surface area contributed by atoms with Crippen LogP contribution in [0.5, 0.6) is 0 Å². The van der Waals surface area contributed by atoms with Crippen LogP contribution in [0.1, 0.15) is 32.0 Å². The SMILES string of the molecule is CCN(CC(=O)O)C1CC(NC(=O)Nc2ccc3nc(C(F)F)[nH]c3c2)C1. The number of amides is 2. The Balaban J connectivity index is 1.51. The van der Waals surface area contributed by atoms with E-state index in [-0.39, 0.29) is 18.6 Å². The lowest BCUT2D eigenvalue weighted by atomic mass is 9.85. The molecule has 4 N–H and O–H groups in total. The number of halogens is 2. The molecule has 1 saturated carbocycles. The Kier molecular flexibility index (Phi) is 5.54. The Labute approximate surface area is 153 Å². The molecule has 1 aliphatic carbocycles. The molecule has 10 heteroatoms. The van der Waals surface area contributed by atoms with Gasteiger partial charge in [0, 0.05) is 17.8 Å². The number of carbonyl (C=O) groups is 2. The maximum atomic E-state index is 12.7. The van der Waals surface area contributed by atoms with Crippen LogP contribution in [0, 0.1) is 0 Å². The highest BCUT2D eigenvalue weighted by molar-refractivity contribution is 5.92. The second kappa shape index (κ2) is 7.87. The highest BCUT2D eigenvalue weighted by Gasteiger charge is 2.34. The molecule has 0 aliphatic heterocycles. The van der Waals surface area contributed by atoms with Crippen molar-refractivity contribution in [3.63, 3.8) is 0 Å². The second-order valence-corrected chi connectivity index (χ2v) is 6.53. The van der Waals surface area contributed by atoms with Crippen molar-refractivity contribution >= 4 is 28.7 Å². The first-order chi connectivity index (χ1) is 12.9. The number of rotatable bonds is 7. The minimum atomic E-state index is -2.69. The van der Waals surface area contributed by atoms with Crippen LogP contribution < -0.4 is 10.6 Å². The van der Waals surface area contributed by atoms with Crippen LogP contribution in [-0.4, -0.2) is 57.1 Å². The molecule has 1 aromatic heterocycles. The minimum Gasteiger partial charge on any atom is -0.480 e. The summed E-state index contributed by atoms with van der Waals surface area (Å²) in [6.45, 7) is 2.53. The van der Waals surface area contributed by atoms with Crippen LogP contribution in [-0.2, 0) is 4.79 Å². The fourth-order valence-electron chi connectivity index (χ4n) is 3.24. The molecule has 1 heterocycles. The summed E-state index contributed by atoms with van der Waals surface area (Å²) >= 11 is 0. The lowest BCUT2D eigenvalue weighted by Crippen LogP contribution is -2.55. The third kappa shape index (κ3) is 4.51. The molecule has 0 unspecified atom stereocenters. The smallest absolute Gasteiger partial charge is 0.319 e. The van der Waals surface area contributed by atoms with E-state index in [1.165, 1.54) is 0 Å². The minimum absolute atomic E-state index is 0.00904. The third-order valence-corrected chi connectivity index (χ3v) is 4.67. The first-order valence-corrected chi connectivity index (χ1v) is 8.67. The van der Waals surface area contributed by atoms with Crippen LogP contribution in [0.2, 0.25) is 0 Å². The number of aromatic amines is 1. The normalized spacial score (nSPS) is 19.3. The number of aromatic nitrogens is 2. The largest absolute Gasteiger partial charge is 0.480 e. The highest BCUT2D eigenvalue weighted by atomic mass is 19.3. The van der Waals surface area contributed by atoms with Crippen molar-refractivity contribution in [2.45, 2.75) is 38.3 Å². The molecule has 2 amide bonds. The van der Waals surface area contributed by atoms with E-state index in [2.05, 4.69) is 20.6 Å². The van der Waals surface area contributed by atoms with E-state index >= 15 is 0 Å². The van der Waals surface area contributed by atoms with Crippen molar-refractivity contribution in [2.24, 2.45) is 0 Å². The molecule has 0 spiro atoms. The number of alkyl halides is 2. The maximum absolute atomic E-state index is 12.7. The summed E-state index contributed by atoms with van der Waals surface area (Å²) in [4.78, 5) is 31.1. The van der Waals surface area contributed by atoms with E-state index in [1.807, 2.05) is 11.8 Å². The van der Waals surface area contributed by atoms with E-state index < -0.39 is 24.3 Å². The predicted octanol–water partition coefficient (Wildman–Crippen LogP) is 2.56. The number of likely N-dealkylation sites (N-methyl/N-ethyl adjacent to an activating group) is 1. The Morgan fingerprint density at radius 1 is 1.41 bits per heavy atom. The third-order valence-electron chi connectivity index (χ3n) is 4.67. The number of nitrogens with one attached hydrogen (secondary N) is 3. The van der Waals surface area contributed by atoms with Gasteiger partial charge >= 0.3 is 12.0 Å². The number of hydrogen-bond donors (Lipinski definition) is 4. The fraction of sp³-hybridized carbons (Fsp3) is 0.471. The second-order valence-electron chi connectivity index (χ2n) is 6.53. The van der Waals surface area contributed by atoms with Gasteiger partial charge in [-0.1, -0.05) is 6.92 Å². The number of carboxylic acid groups (broad SMARTS) is 1. The number of hydrogen-bond acceptors (Lipinski definition) is 4. The van der Waals surface area contributed by atoms with Gasteiger partial charge in [0.05, 0.1) is 17.6 Å². The molecule has 1 fully saturated rings. The van der Waals surface area contributed by atoms with Crippen molar-refractivity contribution in [3.05, 3.63) is 24.0 Å². The molecule has 0 bridgehead atoms. The van der Waals surface area contributed by atoms with E-state index in [9.17, 15) is 18.4 Å². The number of urea groups is 1. The molecule has 1 aliphatic rings. The number of anilines is 1. The topological polar surface area (TPSA) is 110 Å². The Morgan fingerprint density at radius 2 is 2.15 bits per heavy atom. The zero-order chi connectivity index (χ0) is 19.6. The number of benzene rings is 1. The quantitative estimate of drug-likeness (QED) is 0.589. The van der Waals surface area contributed by atoms with E-state index in [0.29, 0.717) is 36.1 Å². The van der Waals surface area contributed by atoms with Gasteiger partial charge in [-0.25, -0.2) is 18.6 Å². The molecule has 2 aromatic rings. The lowest BCUT2D eigenvalue weighted by Gasteiger charge is -2.42. The molecule has 1 aromatic carbocycles. The summed E-state index contributed by atoms with van der Waals surface area (Å²) in [5.41, 5.74) is 1.27. The summed E-state index contributed by atoms with van der Waals surface area (Å²) < 4.78 is 25.4. The van der Waals surface area contributed by atoms with Crippen molar-refractivity contribution < 1.29 is 23.5 Å². The fourth-order valence-corrected chi connectivity index (χ4v) is 3.24. The van der Waals surface area contributed by atoms with Gasteiger partial charge in [-0.2, -0.15) is 0 Å². The van der Waals surface area contributed by atoms with Gasteiger partial charge in [-0.3, -0.25) is 9.69 Å². The summed E-state index contributed by atoms with van der Waals surface area (Å²) in [6.07, 6.45) is -1.31. The number of fused-ring (bicyclic) bond motifs is 1. The van der Waals surface area contributed by atoms with Crippen molar-refractivity contribution in [1.82, 2.24) is 20.2 Å². The Hall–Kier alpha value is -2.75. The highest BCUT2D eigenvalue weighted by Crippen LogP contribution is 2.26. The molecule has 0 radical (unpaired) electrons. The molecule has 27 heavy (non-hydrogen) atoms. The number of nitrogens with zero attached hydrogens (tertiary/aromatic N) is 2. The van der Waals surface area contributed by atoms with Gasteiger partial charge in [-0.05, 0) is 37.6 Å². The van der Waals surface area contributed by atoms with E-state index in [4.69, 9.17) is 5.11 Å². The molecule has 8 nitrogen and oxygen atoms in total. The summed E-state index contributed by atoms with van der Waals surface area (Å²) in [5, 5.41) is 14.4. The maximum Gasteiger partial charge on any atom is 0.319 e. The summed E-state index contributed by atoms with van der Waals surface area (Å²) in [6, 6.07) is 4.41.